The lowest BCUT2D eigenvalue weighted by Gasteiger charge is -2.30. The molecule has 1 saturated heterocycles. The van der Waals surface area contributed by atoms with Gasteiger partial charge in [-0.1, -0.05) is 30.3 Å². The molecule has 1 aliphatic heterocycles. The maximum atomic E-state index is 12.6. The average molecular weight is 393 g/mol. The highest BCUT2D eigenvalue weighted by Gasteiger charge is 2.26. The average Bonchev–Trinajstić information content (AvgIpc) is 3.23. The lowest BCUT2D eigenvalue weighted by atomic mass is 9.89. The van der Waals surface area contributed by atoms with E-state index in [1.807, 2.05) is 54.6 Å². The minimum atomic E-state index is 0.143. The van der Waals surface area contributed by atoms with Crippen LogP contribution in [0.3, 0.4) is 0 Å². The first-order valence-corrected chi connectivity index (χ1v) is 10.5. The van der Waals surface area contributed by atoms with Crippen LogP contribution in [-0.2, 0) is 6.54 Å². The maximum Gasteiger partial charge on any atom is 0.166 e. The molecule has 1 aliphatic rings. The van der Waals surface area contributed by atoms with Crippen LogP contribution >= 0.6 is 11.3 Å². The summed E-state index contributed by atoms with van der Waals surface area (Å²) in [5, 5.41) is 3.17. The number of thiazole rings is 1. The molecule has 4 nitrogen and oxygen atoms in total. The van der Waals surface area contributed by atoms with Crippen LogP contribution < -0.4 is 4.74 Å². The van der Waals surface area contributed by atoms with Gasteiger partial charge in [-0.25, -0.2) is 4.98 Å². The second-order valence-electron chi connectivity index (χ2n) is 7.15. The van der Waals surface area contributed by atoms with E-state index in [1.54, 1.807) is 18.4 Å². The summed E-state index contributed by atoms with van der Waals surface area (Å²) in [5.41, 5.74) is 3.05. The van der Waals surface area contributed by atoms with Crippen molar-refractivity contribution in [1.29, 1.82) is 0 Å². The Labute approximate surface area is 169 Å². The Balaban J connectivity index is 1.32. The molecule has 0 saturated carbocycles. The molecular weight excluding hydrogens is 368 g/mol. The first-order valence-electron chi connectivity index (χ1n) is 9.63. The number of ketones is 1. The standard InChI is InChI=1S/C23H24N2O2S/c1-27-21-9-7-19(8-10-21)23-24-20(16-28-23)15-25-13-11-18(12-14-25)22(26)17-5-3-2-4-6-17/h2-10,16,18H,11-15H2,1H3. The van der Waals surface area contributed by atoms with Crippen molar-refractivity contribution in [3.63, 3.8) is 0 Å². The Morgan fingerprint density at radius 2 is 1.82 bits per heavy atom. The number of methoxy groups -OCH3 is 1. The molecule has 2 heterocycles. The van der Waals surface area contributed by atoms with E-state index in [0.29, 0.717) is 0 Å². The summed E-state index contributed by atoms with van der Waals surface area (Å²) in [6.07, 6.45) is 1.84. The minimum absolute atomic E-state index is 0.143. The zero-order valence-electron chi connectivity index (χ0n) is 16.0. The van der Waals surface area contributed by atoms with Gasteiger partial charge in [0.25, 0.3) is 0 Å². The largest absolute Gasteiger partial charge is 0.497 e. The van der Waals surface area contributed by atoms with Gasteiger partial charge in [0.15, 0.2) is 5.78 Å². The lowest BCUT2D eigenvalue weighted by molar-refractivity contribution is 0.0834. The van der Waals surface area contributed by atoms with Gasteiger partial charge in [0.2, 0.25) is 0 Å². The topological polar surface area (TPSA) is 42.4 Å². The van der Waals surface area contributed by atoms with Crippen molar-refractivity contribution >= 4 is 17.1 Å². The van der Waals surface area contributed by atoms with Gasteiger partial charge in [0.1, 0.15) is 10.8 Å². The van der Waals surface area contributed by atoms with Gasteiger partial charge in [-0.05, 0) is 50.2 Å². The van der Waals surface area contributed by atoms with Crippen LogP contribution in [0.5, 0.6) is 5.75 Å². The summed E-state index contributed by atoms with van der Waals surface area (Å²) < 4.78 is 5.22. The minimum Gasteiger partial charge on any atom is -0.497 e. The van der Waals surface area contributed by atoms with Gasteiger partial charge in [0, 0.05) is 29.0 Å². The number of piperidine rings is 1. The van der Waals surface area contributed by atoms with Gasteiger partial charge in [-0.3, -0.25) is 9.69 Å². The predicted octanol–water partition coefficient (Wildman–Crippen LogP) is 4.91. The van der Waals surface area contributed by atoms with E-state index in [0.717, 1.165) is 60.1 Å². The fourth-order valence-corrected chi connectivity index (χ4v) is 4.48. The zero-order valence-corrected chi connectivity index (χ0v) is 16.8. The first kappa shape index (κ1) is 18.8. The molecule has 0 bridgehead atoms. The summed E-state index contributed by atoms with van der Waals surface area (Å²) >= 11 is 1.67. The molecule has 5 heteroatoms. The van der Waals surface area contributed by atoms with Crippen molar-refractivity contribution in [3.8, 4) is 16.3 Å². The number of likely N-dealkylation sites (tertiary alicyclic amines) is 1. The van der Waals surface area contributed by atoms with Gasteiger partial charge in [-0.15, -0.1) is 11.3 Å². The fourth-order valence-electron chi connectivity index (χ4n) is 3.67. The van der Waals surface area contributed by atoms with E-state index in [1.165, 1.54) is 0 Å². The van der Waals surface area contributed by atoms with Gasteiger partial charge in [0.05, 0.1) is 12.8 Å². The molecule has 0 aliphatic carbocycles. The van der Waals surface area contributed by atoms with Crippen LogP contribution in [0.15, 0.2) is 60.0 Å². The van der Waals surface area contributed by atoms with Crippen LogP contribution in [-0.4, -0.2) is 35.9 Å². The summed E-state index contributed by atoms with van der Waals surface area (Å²) in [7, 11) is 1.67. The Kier molecular flexibility index (Phi) is 5.84. The number of benzene rings is 2. The van der Waals surface area contributed by atoms with Crippen molar-refractivity contribution < 1.29 is 9.53 Å². The third-order valence-electron chi connectivity index (χ3n) is 5.29. The summed E-state index contributed by atoms with van der Waals surface area (Å²) in [6.45, 7) is 2.73. The van der Waals surface area contributed by atoms with Crippen LogP contribution in [0.1, 0.15) is 28.9 Å². The molecule has 0 spiro atoms. The van der Waals surface area contributed by atoms with E-state index in [9.17, 15) is 4.79 Å². The second-order valence-corrected chi connectivity index (χ2v) is 8.01. The van der Waals surface area contributed by atoms with Crippen molar-refractivity contribution in [3.05, 3.63) is 71.2 Å². The number of carbonyl (C=O) groups is 1. The molecule has 0 amide bonds. The van der Waals surface area contributed by atoms with Crippen LogP contribution in [0.2, 0.25) is 0 Å². The van der Waals surface area contributed by atoms with Gasteiger partial charge in [-0.2, -0.15) is 0 Å². The highest BCUT2D eigenvalue weighted by Crippen LogP contribution is 2.27. The van der Waals surface area contributed by atoms with E-state index < -0.39 is 0 Å². The monoisotopic (exact) mass is 392 g/mol. The zero-order chi connectivity index (χ0) is 19.3. The maximum absolute atomic E-state index is 12.6. The number of Topliss-reactive ketones (excluding diaryl/α,β-unsaturated/α-hetero) is 1. The van der Waals surface area contributed by atoms with E-state index in [-0.39, 0.29) is 11.7 Å². The third-order valence-corrected chi connectivity index (χ3v) is 6.23. The van der Waals surface area contributed by atoms with Crippen molar-refractivity contribution in [2.75, 3.05) is 20.2 Å². The number of ether oxygens (including phenoxy) is 1. The molecule has 1 fully saturated rings. The number of aromatic nitrogens is 1. The normalized spacial score (nSPS) is 15.5. The molecule has 0 N–H and O–H groups in total. The first-order chi connectivity index (χ1) is 13.7. The number of carbonyl (C=O) groups excluding carboxylic acids is 1. The van der Waals surface area contributed by atoms with Crippen LogP contribution in [0, 0.1) is 5.92 Å². The van der Waals surface area contributed by atoms with Gasteiger partial charge < -0.3 is 4.74 Å². The molecule has 4 rings (SSSR count). The van der Waals surface area contributed by atoms with E-state index >= 15 is 0 Å². The van der Waals surface area contributed by atoms with Crippen molar-refractivity contribution in [1.82, 2.24) is 9.88 Å². The van der Waals surface area contributed by atoms with E-state index in [4.69, 9.17) is 9.72 Å². The van der Waals surface area contributed by atoms with E-state index in [2.05, 4.69) is 10.3 Å². The Morgan fingerprint density at radius 1 is 1.11 bits per heavy atom. The second kappa shape index (κ2) is 8.67. The fraction of sp³-hybridized carbons (Fsp3) is 0.304. The predicted molar refractivity (Wildman–Crippen MR) is 113 cm³/mol. The Bertz CT molecular complexity index is 913. The van der Waals surface area contributed by atoms with Crippen molar-refractivity contribution in [2.45, 2.75) is 19.4 Å². The molecule has 0 radical (unpaired) electrons. The quantitative estimate of drug-likeness (QED) is 0.559. The number of hydrogen-bond acceptors (Lipinski definition) is 5. The lowest BCUT2D eigenvalue weighted by Crippen LogP contribution is -2.36. The molecular formula is C23H24N2O2S. The van der Waals surface area contributed by atoms with Gasteiger partial charge >= 0.3 is 0 Å². The highest BCUT2D eigenvalue weighted by molar-refractivity contribution is 7.13. The highest BCUT2D eigenvalue weighted by atomic mass is 32.1. The molecule has 3 aromatic rings. The Hall–Kier alpha value is -2.50. The third kappa shape index (κ3) is 4.32. The molecule has 28 heavy (non-hydrogen) atoms. The van der Waals surface area contributed by atoms with Crippen LogP contribution in [0.25, 0.3) is 10.6 Å². The Morgan fingerprint density at radius 3 is 2.50 bits per heavy atom. The number of hydrogen-bond donors (Lipinski definition) is 0. The SMILES string of the molecule is COc1ccc(-c2nc(CN3CCC(C(=O)c4ccccc4)CC3)cs2)cc1. The summed E-state index contributed by atoms with van der Waals surface area (Å²) in [6, 6.07) is 17.7. The molecule has 2 aromatic carbocycles. The number of nitrogens with zero attached hydrogens (tertiary/aromatic N) is 2. The molecule has 0 atom stereocenters. The molecule has 0 unspecified atom stereocenters. The molecule has 144 valence electrons. The summed E-state index contributed by atoms with van der Waals surface area (Å²) in [4.78, 5) is 19.8. The summed E-state index contributed by atoms with van der Waals surface area (Å²) in [5.74, 6) is 1.29. The smallest absolute Gasteiger partial charge is 0.166 e. The molecule has 1 aromatic heterocycles. The van der Waals surface area contributed by atoms with Crippen molar-refractivity contribution in [2.24, 2.45) is 5.92 Å². The number of rotatable bonds is 6. The van der Waals surface area contributed by atoms with Crippen LogP contribution in [0.4, 0.5) is 0 Å².